The van der Waals surface area contributed by atoms with Crippen LogP contribution in [0.1, 0.15) is 233 Å². The molecule has 346 valence electrons. The van der Waals surface area contributed by atoms with Gasteiger partial charge in [-0.1, -0.05) is 202 Å². The topological polar surface area (TPSA) is 101 Å². The molecule has 1 aliphatic rings. The highest BCUT2D eigenvalue weighted by atomic mass is 28.4. The van der Waals surface area contributed by atoms with Crippen molar-refractivity contribution in [2.75, 3.05) is 19.8 Å². The fourth-order valence-electron chi connectivity index (χ4n) is 7.69. The molecule has 0 bridgehead atoms. The van der Waals surface area contributed by atoms with Gasteiger partial charge in [0.2, 0.25) is 0 Å². The lowest BCUT2D eigenvalue weighted by Gasteiger charge is -2.37. The van der Waals surface area contributed by atoms with Crippen molar-refractivity contribution in [3.8, 4) is 0 Å². The third-order valence-electron chi connectivity index (χ3n) is 12.8. The highest BCUT2D eigenvalue weighted by Gasteiger charge is 2.43. The average molecular weight is 851 g/mol. The number of rotatable bonds is 38. The third-order valence-corrected chi connectivity index (χ3v) is 17.3. The molecule has 1 aliphatic heterocycles. The van der Waals surface area contributed by atoms with Gasteiger partial charge in [0.25, 0.3) is 12.0 Å². The fraction of sp³-hybridized carbons (Fsp3) is 0.918. The molecule has 9 nitrogen and oxygen atoms in total. The van der Waals surface area contributed by atoms with Crippen LogP contribution >= 0.6 is 0 Å². The number of hydrogen-bond donors (Lipinski definition) is 1. The summed E-state index contributed by atoms with van der Waals surface area (Å²) in [6, 6.07) is 0. The summed E-state index contributed by atoms with van der Waals surface area (Å²) in [5.74, 6) is 0. The molecule has 59 heavy (non-hydrogen) atoms. The maximum Gasteiger partial charge on any atom is 0.330 e. The van der Waals surface area contributed by atoms with E-state index in [9.17, 15) is 9.59 Å². The van der Waals surface area contributed by atoms with Gasteiger partial charge >= 0.3 is 5.69 Å². The summed E-state index contributed by atoms with van der Waals surface area (Å²) in [6.07, 6.45) is 37.3. The van der Waals surface area contributed by atoms with Crippen molar-refractivity contribution in [1.82, 2.24) is 9.55 Å². The number of aromatic amines is 1. The first-order valence-electron chi connectivity index (χ1n) is 24.9. The number of hydrogen-bond acceptors (Lipinski definition) is 7. The van der Waals surface area contributed by atoms with Crippen molar-refractivity contribution in [3.63, 3.8) is 0 Å². The first kappa shape index (κ1) is 53.8. The number of nitrogens with one attached hydrogen (secondary N) is 1. The van der Waals surface area contributed by atoms with Gasteiger partial charge in [0.1, 0.15) is 12.3 Å². The zero-order valence-electron chi connectivity index (χ0n) is 39.8. The van der Waals surface area contributed by atoms with E-state index in [-0.39, 0.29) is 10.6 Å². The Bertz CT molecular complexity index is 1240. The van der Waals surface area contributed by atoms with E-state index in [1.807, 2.05) is 0 Å². The average Bonchev–Trinajstić information content (AvgIpc) is 3.59. The minimum absolute atomic E-state index is 0.0319. The van der Waals surface area contributed by atoms with E-state index in [2.05, 4.69) is 52.7 Å². The molecule has 0 amide bonds. The van der Waals surface area contributed by atoms with E-state index in [4.69, 9.17) is 23.4 Å². The molecule has 0 aliphatic carbocycles. The Kier molecular flexibility index (Phi) is 29.5. The molecule has 0 aromatic carbocycles. The Morgan fingerprint density at radius 2 is 1.07 bits per heavy atom. The number of aromatic nitrogens is 2. The predicted molar refractivity (Wildman–Crippen MR) is 249 cm³/mol. The van der Waals surface area contributed by atoms with Crippen molar-refractivity contribution >= 4 is 8.32 Å². The molecule has 1 unspecified atom stereocenters. The minimum atomic E-state index is -2.09. The van der Waals surface area contributed by atoms with E-state index < -0.39 is 38.9 Å². The Hall–Kier alpha value is -1.30. The minimum Gasteiger partial charge on any atom is -0.414 e. The van der Waals surface area contributed by atoms with Crippen LogP contribution in [0.25, 0.3) is 0 Å². The lowest BCUT2D eigenvalue weighted by molar-refractivity contribution is -0.309. The molecule has 2 rings (SSSR count). The van der Waals surface area contributed by atoms with E-state index in [0.29, 0.717) is 31.8 Å². The molecule has 3 atom stereocenters. The van der Waals surface area contributed by atoms with Crippen LogP contribution in [-0.4, -0.2) is 56.4 Å². The summed E-state index contributed by atoms with van der Waals surface area (Å²) in [5.41, 5.74) is -0.420. The van der Waals surface area contributed by atoms with E-state index in [0.717, 1.165) is 25.7 Å². The predicted octanol–water partition coefficient (Wildman–Crippen LogP) is 13.8. The van der Waals surface area contributed by atoms with Gasteiger partial charge in [-0.25, -0.2) is 4.79 Å². The first-order chi connectivity index (χ1) is 28.4. The molecule has 1 N–H and O–H groups in total. The molecule has 1 aromatic rings. The number of ether oxygens (including phenoxy) is 4. The molecule has 1 fully saturated rings. The molecule has 1 saturated heterocycles. The van der Waals surface area contributed by atoms with Crippen molar-refractivity contribution in [2.45, 2.75) is 271 Å². The lowest BCUT2D eigenvalue weighted by atomic mass is 10.0. The van der Waals surface area contributed by atoms with Gasteiger partial charge in [-0.2, -0.15) is 0 Å². The SMILES string of the molecule is CCCCCCCCCCCCCCCCOC(OCCCCCCCCCCCCCCCC)OC1C[C@H](n2cc(C)c(=O)[nH]c2=O)O[C@@H]1CO[Si](C)(C)C(C)(C)C. The van der Waals surface area contributed by atoms with Crippen molar-refractivity contribution in [1.29, 1.82) is 0 Å². The second-order valence-corrected chi connectivity index (χ2v) is 24.1. The van der Waals surface area contributed by atoms with Crippen LogP contribution in [0.15, 0.2) is 15.8 Å². The zero-order valence-corrected chi connectivity index (χ0v) is 40.8. The summed E-state index contributed by atoms with van der Waals surface area (Å²) in [6.45, 7) is 18.1. The smallest absolute Gasteiger partial charge is 0.330 e. The Labute approximate surface area is 363 Å². The van der Waals surface area contributed by atoms with Crippen molar-refractivity contribution in [2.24, 2.45) is 0 Å². The normalized spacial score (nSPS) is 17.5. The van der Waals surface area contributed by atoms with E-state index in [1.54, 1.807) is 13.1 Å². The molecular weight excluding hydrogens is 757 g/mol. The number of aryl methyl sites for hydroxylation is 1. The molecule has 0 spiro atoms. The van der Waals surface area contributed by atoms with Crippen LogP contribution in [0.5, 0.6) is 0 Å². The Balaban J connectivity index is 1.89. The van der Waals surface area contributed by atoms with Gasteiger partial charge in [0.15, 0.2) is 8.32 Å². The third kappa shape index (κ3) is 24.2. The fourth-order valence-corrected chi connectivity index (χ4v) is 8.71. The molecule has 0 saturated carbocycles. The van der Waals surface area contributed by atoms with Crippen LogP contribution in [0.3, 0.4) is 0 Å². The quantitative estimate of drug-likeness (QED) is 0.0402. The largest absolute Gasteiger partial charge is 0.414 e. The van der Waals surface area contributed by atoms with Gasteiger partial charge < -0.3 is 23.4 Å². The maximum atomic E-state index is 12.9. The van der Waals surface area contributed by atoms with Crippen LogP contribution in [0.4, 0.5) is 0 Å². The van der Waals surface area contributed by atoms with Gasteiger partial charge in [-0.3, -0.25) is 14.3 Å². The van der Waals surface area contributed by atoms with Gasteiger partial charge in [-0.15, -0.1) is 0 Å². The van der Waals surface area contributed by atoms with Crippen LogP contribution in [-0.2, 0) is 23.4 Å². The summed E-state index contributed by atoms with van der Waals surface area (Å²) < 4.78 is 33.9. The second-order valence-electron chi connectivity index (χ2n) is 19.3. The molecule has 0 radical (unpaired) electrons. The summed E-state index contributed by atoms with van der Waals surface area (Å²) in [5, 5.41) is 0.0319. The highest BCUT2D eigenvalue weighted by molar-refractivity contribution is 6.74. The zero-order chi connectivity index (χ0) is 43.2. The Morgan fingerprint density at radius 1 is 0.678 bits per heavy atom. The standard InChI is InChI=1S/C49H94N2O7Si/c1-9-11-13-15-17-19-21-23-25-27-29-31-33-35-37-54-48(55-38-36-34-32-30-28-26-24-22-20-18-16-14-12-10-2)58-43-39-45(51-40-42(3)46(52)50-47(51)53)57-44(43)41-56-59(7,8)49(4,5)6/h40,43-45,48H,9-39,41H2,1-8H3,(H,50,52,53)/t43?,44-,45-/m1/s1. The number of H-pyrrole nitrogens is 1. The van der Waals surface area contributed by atoms with Gasteiger partial charge in [0.05, 0.1) is 25.9 Å². The monoisotopic (exact) mass is 851 g/mol. The summed E-state index contributed by atoms with van der Waals surface area (Å²) >= 11 is 0. The molecule has 2 heterocycles. The molecule has 1 aromatic heterocycles. The lowest BCUT2D eigenvalue weighted by Crippen LogP contribution is -2.44. The van der Waals surface area contributed by atoms with E-state index in [1.165, 1.54) is 159 Å². The number of unbranched alkanes of at least 4 members (excludes halogenated alkanes) is 26. The summed E-state index contributed by atoms with van der Waals surface area (Å²) in [4.78, 5) is 27.5. The van der Waals surface area contributed by atoms with Crippen LogP contribution in [0.2, 0.25) is 18.1 Å². The highest BCUT2D eigenvalue weighted by Crippen LogP contribution is 2.38. The summed E-state index contributed by atoms with van der Waals surface area (Å²) in [7, 11) is -2.09. The first-order valence-corrected chi connectivity index (χ1v) is 27.8. The van der Waals surface area contributed by atoms with Crippen LogP contribution < -0.4 is 11.2 Å². The maximum absolute atomic E-state index is 12.9. The van der Waals surface area contributed by atoms with E-state index >= 15 is 0 Å². The van der Waals surface area contributed by atoms with Crippen molar-refractivity contribution < 1.29 is 23.4 Å². The number of nitrogens with zero attached hydrogens (tertiary/aromatic N) is 1. The Morgan fingerprint density at radius 3 is 1.46 bits per heavy atom. The van der Waals surface area contributed by atoms with Crippen molar-refractivity contribution in [3.05, 3.63) is 32.6 Å². The van der Waals surface area contributed by atoms with Crippen LogP contribution in [0, 0.1) is 6.92 Å². The second kappa shape index (κ2) is 32.4. The molecular formula is C49H94N2O7Si. The van der Waals surface area contributed by atoms with Gasteiger partial charge in [-0.05, 0) is 37.9 Å². The molecule has 10 heteroatoms. The van der Waals surface area contributed by atoms with Gasteiger partial charge in [0, 0.05) is 18.2 Å².